The second kappa shape index (κ2) is 9.29. The second-order valence-corrected chi connectivity index (χ2v) is 17.1. The zero-order chi connectivity index (χ0) is 29.8. The minimum absolute atomic E-state index is 0.00331. The molecule has 10 atom stereocenters. The fourth-order valence-electron chi connectivity index (χ4n) is 12.9. The van der Waals surface area contributed by atoms with Crippen molar-refractivity contribution in [3.63, 3.8) is 0 Å². The van der Waals surface area contributed by atoms with Crippen LogP contribution >= 0.6 is 0 Å². The van der Waals surface area contributed by atoms with Gasteiger partial charge in [0, 0.05) is 5.54 Å². The van der Waals surface area contributed by atoms with Crippen LogP contribution in [-0.2, 0) is 4.79 Å². The highest BCUT2D eigenvalue weighted by atomic mass is 19.1. The van der Waals surface area contributed by atoms with Crippen LogP contribution in [-0.4, -0.2) is 23.3 Å². The van der Waals surface area contributed by atoms with Gasteiger partial charge in [0.2, 0.25) is 0 Å². The Labute approximate surface area is 248 Å². The summed E-state index contributed by atoms with van der Waals surface area (Å²) in [6.45, 7) is 18.8. The van der Waals surface area contributed by atoms with Crippen molar-refractivity contribution in [2.45, 2.75) is 124 Å². The molecule has 0 radical (unpaired) electrons. The lowest BCUT2D eigenvalue weighted by atomic mass is 9.33. The van der Waals surface area contributed by atoms with E-state index in [9.17, 15) is 14.3 Å². The van der Waals surface area contributed by atoms with Crippen LogP contribution in [0.1, 0.15) is 119 Å². The van der Waals surface area contributed by atoms with Crippen LogP contribution in [0.5, 0.6) is 0 Å². The number of allylic oxidation sites excluding steroid dienone is 5. The zero-order valence-electron chi connectivity index (χ0n) is 26.8. The van der Waals surface area contributed by atoms with Crippen LogP contribution in [0.15, 0.2) is 35.5 Å². The molecule has 41 heavy (non-hydrogen) atoms. The van der Waals surface area contributed by atoms with E-state index in [2.05, 4.69) is 60.3 Å². The smallest absolute Gasteiger partial charge is 0.312 e. The van der Waals surface area contributed by atoms with Crippen LogP contribution in [0.4, 0.5) is 4.39 Å². The Kier molecular flexibility index (Phi) is 6.72. The Balaban J connectivity index is 1.32. The van der Waals surface area contributed by atoms with E-state index in [0.717, 1.165) is 19.3 Å². The molecule has 0 aromatic heterocycles. The second-order valence-electron chi connectivity index (χ2n) is 17.1. The fourth-order valence-corrected chi connectivity index (χ4v) is 12.9. The molecule has 0 bridgehead atoms. The van der Waals surface area contributed by atoms with Crippen molar-refractivity contribution >= 4 is 5.97 Å². The SMILES string of the molecule is C=C(C)[C@H]1CC[C@]2(N)CC[C@]3(C)[C@H](CC[C@@H]4C5(C)CC=C(C6=CCC(CF)(C(=O)O)CC6)C(C)(C)[C@@H]5CC[C@]43C)[C@@H]12. The molecule has 3 nitrogen and oxygen atoms in total. The summed E-state index contributed by atoms with van der Waals surface area (Å²) in [6, 6.07) is 0. The number of aliphatic carboxylic acids is 1. The number of hydrogen-bond acceptors (Lipinski definition) is 2. The van der Waals surface area contributed by atoms with Gasteiger partial charge in [-0.05, 0) is 146 Å². The summed E-state index contributed by atoms with van der Waals surface area (Å²) < 4.78 is 13.8. The highest BCUT2D eigenvalue weighted by Crippen LogP contribution is 2.76. The summed E-state index contributed by atoms with van der Waals surface area (Å²) in [5.74, 6) is 2.14. The van der Waals surface area contributed by atoms with Crippen LogP contribution in [0.25, 0.3) is 0 Å². The Morgan fingerprint density at radius 3 is 2.29 bits per heavy atom. The summed E-state index contributed by atoms with van der Waals surface area (Å²) in [6.07, 6.45) is 17.0. The van der Waals surface area contributed by atoms with E-state index < -0.39 is 18.1 Å². The Morgan fingerprint density at radius 2 is 1.68 bits per heavy atom. The quantitative estimate of drug-likeness (QED) is 0.334. The first kappa shape index (κ1) is 29.6. The van der Waals surface area contributed by atoms with E-state index in [1.54, 1.807) is 0 Å². The minimum Gasteiger partial charge on any atom is -0.481 e. The molecule has 3 N–H and O–H groups in total. The maximum absolute atomic E-state index is 13.8. The molecule has 6 aliphatic rings. The van der Waals surface area contributed by atoms with E-state index in [4.69, 9.17) is 5.73 Å². The highest BCUT2D eigenvalue weighted by molar-refractivity contribution is 5.75. The lowest BCUT2D eigenvalue weighted by molar-refractivity contribution is -0.219. The molecule has 2 unspecified atom stereocenters. The van der Waals surface area contributed by atoms with Gasteiger partial charge in [0.15, 0.2) is 0 Å². The third-order valence-electron chi connectivity index (χ3n) is 15.4. The van der Waals surface area contributed by atoms with Crippen molar-refractivity contribution in [3.05, 3.63) is 35.5 Å². The molecule has 0 aliphatic heterocycles. The van der Waals surface area contributed by atoms with Gasteiger partial charge >= 0.3 is 5.97 Å². The summed E-state index contributed by atoms with van der Waals surface area (Å²) in [4.78, 5) is 11.9. The van der Waals surface area contributed by atoms with Crippen LogP contribution < -0.4 is 5.73 Å². The first-order valence-corrected chi connectivity index (χ1v) is 16.7. The Morgan fingerprint density at radius 1 is 0.951 bits per heavy atom. The lowest BCUT2D eigenvalue weighted by Crippen LogP contribution is -2.67. The summed E-state index contributed by atoms with van der Waals surface area (Å²) in [5, 5.41) is 9.72. The number of nitrogens with two attached hydrogens (primary N) is 1. The lowest BCUT2D eigenvalue weighted by Gasteiger charge is -2.72. The van der Waals surface area contributed by atoms with Gasteiger partial charge in [-0.25, -0.2) is 4.39 Å². The van der Waals surface area contributed by atoms with E-state index in [0.29, 0.717) is 59.7 Å². The van der Waals surface area contributed by atoms with Gasteiger partial charge < -0.3 is 10.8 Å². The summed E-state index contributed by atoms with van der Waals surface area (Å²) in [5.41, 5.74) is 10.9. The molecule has 0 spiro atoms. The predicted octanol–water partition coefficient (Wildman–Crippen LogP) is 9.04. The number of carboxylic acid groups (broad SMARTS) is 1. The maximum atomic E-state index is 13.8. The van der Waals surface area contributed by atoms with Crippen molar-refractivity contribution in [1.82, 2.24) is 0 Å². The highest BCUT2D eigenvalue weighted by Gasteiger charge is 2.70. The minimum atomic E-state index is -1.23. The molecule has 4 saturated carbocycles. The third kappa shape index (κ3) is 3.80. The molecular formula is C37H56FNO2. The number of halogens is 1. The fraction of sp³-hybridized carbons (Fsp3) is 0.811. The molecule has 6 rings (SSSR count). The molecule has 6 aliphatic carbocycles. The number of rotatable bonds is 4. The van der Waals surface area contributed by atoms with Gasteiger partial charge in [0.1, 0.15) is 6.67 Å². The first-order chi connectivity index (χ1) is 19.1. The number of hydrogen-bond donors (Lipinski definition) is 2. The Bertz CT molecular complexity index is 1200. The molecule has 0 saturated heterocycles. The third-order valence-corrected chi connectivity index (χ3v) is 15.4. The standard InChI is InChI=1S/C37H56FNO2/c1-23(2)25-12-19-37(39)21-20-34(6)27(30(25)37)8-9-29-33(5)15-13-26(32(3,4)28(33)14-16-35(29,34)7)24-10-17-36(22-38,18-11-24)31(40)41/h10,13,25,27-30H,1,8-9,11-12,14-22,39H2,2-7H3,(H,40,41)/t25-,27-,28+,29-,30-,33?,34-,35-,36?,37+/m1/s1. The Hall–Kier alpha value is -1.42. The van der Waals surface area contributed by atoms with Gasteiger partial charge in [-0.2, -0.15) is 0 Å². The molecule has 0 aromatic carbocycles. The molecule has 0 aromatic rings. The zero-order valence-corrected chi connectivity index (χ0v) is 26.8. The van der Waals surface area contributed by atoms with Crippen LogP contribution in [0, 0.1) is 56.7 Å². The number of carbonyl (C=O) groups is 1. The van der Waals surface area contributed by atoms with E-state index in [-0.39, 0.29) is 16.4 Å². The molecule has 4 heteroatoms. The van der Waals surface area contributed by atoms with E-state index in [1.807, 2.05) is 0 Å². The monoisotopic (exact) mass is 565 g/mol. The molecule has 4 fully saturated rings. The van der Waals surface area contributed by atoms with E-state index in [1.165, 1.54) is 55.2 Å². The van der Waals surface area contributed by atoms with Crippen molar-refractivity contribution in [3.8, 4) is 0 Å². The van der Waals surface area contributed by atoms with Gasteiger partial charge in [0.05, 0.1) is 5.41 Å². The molecule has 0 amide bonds. The van der Waals surface area contributed by atoms with Crippen molar-refractivity contribution in [2.75, 3.05) is 6.67 Å². The summed E-state index contributed by atoms with van der Waals surface area (Å²) in [7, 11) is 0. The van der Waals surface area contributed by atoms with Crippen molar-refractivity contribution in [2.24, 2.45) is 62.4 Å². The van der Waals surface area contributed by atoms with Gasteiger partial charge in [0.25, 0.3) is 0 Å². The van der Waals surface area contributed by atoms with Crippen molar-refractivity contribution < 1.29 is 14.3 Å². The first-order valence-electron chi connectivity index (χ1n) is 16.7. The largest absolute Gasteiger partial charge is 0.481 e. The average molecular weight is 566 g/mol. The van der Waals surface area contributed by atoms with Gasteiger partial charge in [-0.15, -0.1) is 0 Å². The number of fused-ring (bicyclic) bond motifs is 7. The van der Waals surface area contributed by atoms with Crippen LogP contribution in [0.3, 0.4) is 0 Å². The number of carboxylic acids is 1. The molecular weight excluding hydrogens is 509 g/mol. The van der Waals surface area contributed by atoms with Gasteiger partial charge in [-0.3, -0.25) is 4.79 Å². The van der Waals surface area contributed by atoms with Crippen molar-refractivity contribution in [1.29, 1.82) is 0 Å². The van der Waals surface area contributed by atoms with Crippen LogP contribution in [0.2, 0.25) is 0 Å². The normalized spacial score (nSPS) is 50.4. The number of alkyl halides is 1. The molecule has 228 valence electrons. The van der Waals surface area contributed by atoms with Gasteiger partial charge in [-0.1, -0.05) is 58.9 Å². The molecule has 0 heterocycles. The van der Waals surface area contributed by atoms with E-state index >= 15 is 0 Å². The maximum Gasteiger partial charge on any atom is 0.312 e. The predicted molar refractivity (Wildman–Crippen MR) is 165 cm³/mol. The summed E-state index contributed by atoms with van der Waals surface area (Å²) >= 11 is 0. The average Bonchev–Trinajstić information content (AvgIpc) is 3.27. The topological polar surface area (TPSA) is 63.3 Å².